The van der Waals surface area contributed by atoms with Crippen LogP contribution >= 0.6 is 0 Å². The number of fused-ring (bicyclic) bond motifs is 2. The maximum absolute atomic E-state index is 11.8. The van der Waals surface area contributed by atoms with Crippen LogP contribution in [0.3, 0.4) is 0 Å². The molecule has 7 rings (SSSR count). The van der Waals surface area contributed by atoms with Crippen LogP contribution in [0.15, 0.2) is 73.1 Å². The molecule has 0 radical (unpaired) electrons. The van der Waals surface area contributed by atoms with Crippen molar-refractivity contribution in [3.8, 4) is 22.5 Å². The summed E-state index contributed by atoms with van der Waals surface area (Å²) in [6, 6.07) is 21.2. The molecule has 2 aliphatic rings. The van der Waals surface area contributed by atoms with Crippen LogP contribution in [-0.2, 0) is 4.74 Å². The number of piperazine rings is 1. The van der Waals surface area contributed by atoms with E-state index in [4.69, 9.17) is 20.4 Å². The third-order valence-corrected chi connectivity index (χ3v) is 8.39. The molecule has 5 aromatic rings. The number of imidazole rings is 1. The van der Waals surface area contributed by atoms with Crippen molar-refractivity contribution in [2.45, 2.75) is 24.8 Å². The summed E-state index contributed by atoms with van der Waals surface area (Å²) < 4.78 is 6.99. The van der Waals surface area contributed by atoms with Gasteiger partial charge >= 0.3 is 6.09 Å². The standard InChI is InChI=1S/C31H31N7O2/c1-40-31(39)37-15-13-36(14-16-37)24-17-23(18-24)30-35-27(28-29(32)33-11-12-38(28)30)22-8-7-21-9-10-25(34-26(21)19-22)20-5-3-2-4-6-20/h2-12,19,23-24H,13-18H2,1H3,(H2,32,33)/t23-,24+. The average Bonchev–Trinajstić information content (AvgIpc) is 3.37. The van der Waals surface area contributed by atoms with E-state index in [1.165, 1.54) is 7.11 Å². The molecular formula is C31H31N7O2. The predicted octanol–water partition coefficient (Wildman–Crippen LogP) is 4.82. The van der Waals surface area contributed by atoms with Crippen molar-refractivity contribution in [3.63, 3.8) is 0 Å². The number of carbonyl (C=O) groups is 1. The molecule has 2 N–H and O–H groups in total. The largest absolute Gasteiger partial charge is 0.453 e. The van der Waals surface area contributed by atoms with Crippen LogP contribution in [0.25, 0.3) is 38.9 Å². The SMILES string of the molecule is COC(=O)N1CCN([C@H]2C[C@@H](c3nc(-c4ccc5ccc(-c6ccccc6)nc5c4)c4c(N)nccn43)C2)CC1. The van der Waals surface area contributed by atoms with Gasteiger partial charge < -0.3 is 15.4 Å². The molecule has 0 bridgehead atoms. The van der Waals surface area contributed by atoms with Gasteiger partial charge in [0.25, 0.3) is 0 Å². The minimum atomic E-state index is -0.242. The number of carbonyl (C=O) groups excluding carboxylic acids is 1. The first kappa shape index (κ1) is 24.5. The van der Waals surface area contributed by atoms with Gasteiger partial charge in [-0.1, -0.05) is 48.5 Å². The number of hydrogen-bond acceptors (Lipinski definition) is 7. The highest BCUT2D eigenvalue weighted by atomic mass is 16.5. The van der Waals surface area contributed by atoms with E-state index in [1.807, 2.05) is 24.4 Å². The number of pyridine rings is 1. The van der Waals surface area contributed by atoms with Crippen molar-refractivity contribution in [2.24, 2.45) is 0 Å². The van der Waals surface area contributed by atoms with Gasteiger partial charge in [-0.2, -0.15) is 0 Å². The fraction of sp³-hybridized carbons (Fsp3) is 0.290. The van der Waals surface area contributed by atoms with Crippen molar-refractivity contribution in [3.05, 3.63) is 78.9 Å². The van der Waals surface area contributed by atoms with Crippen molar-refractivity contribution in [2.75, 3.05) is 39.0 Å². The van der Waals surface area contributed by atoms with Crippen molar-refractivity contribution < 1.29 is 9.53 Å². The van der Waals surface area contributed by atoms with Crippen LogP contribution in [0.1, 0.15) is 24.6 Å². The van der Waals surface area contributed by atoms with Gasteiger partial charge in [0.1, 0.15) is 22.9 Å². The lowest BCUT2D eigenvalue weighted by Gasteiger charge is -2.45. The first-order chi connectivity index (χ1) is 19.6. The molecule has 1 amide bonds. The number of aromatic nitrogens is 4. The van der Waals surface area contributed by atoms with E-state index in [-0.39, 0.29) is 6.09 Å². The third-order valence-electron chi connectivity index (χ3n) is 8.39. The van der Waals surface area contributed by atoms with Gasteiger partial charge in [0.2, 0.25) is 0 Å². The van der Waals surface area contributed by atoms with E-state index in [2.05, 4.69) is 56.7 Å². The lowest BCUT2D eigenvalue weighted by atomic mass is 9.78. The Labute approximate surface area is 232 Å². The molecule has 1 aliphatic heterocycles. The normalized spacial score (nSPS) is 19.6. The van der Waals surface area contributed by atoms with Crippen LogP contribution < -0.4 is 5.73 Å². The summed E-state index contributed by atoms with van der Waals surface area (Å²) in [7, 11) is 1.44. The molecule has 1 saturated carbocycles. The Morgan fingerprint density at radius 3 is 2.50 bits per heavy atom. The maximum Gasteiger partial charge on any atom is 0.409 e. The molecule has 2 fully saturated rings. The van der Waals surface area contributed by atoms with Crippen molar-refractivity contribution >= 4 is 28.3 Å². The quantitative estimate of drug-likeness (QED) is 0.353. The lowest BCUT2D eigenvalue weighted by molar-refractivity contribution is 0.0446. The highest BCUT2D eigenvalue weighted by Gasteiger charge is 2.39. The summed E-state index contributed by atoms with van der Waals surface area (Å²) >= 11 is 0. The number of methoxy groups -OCH3 is 1. The van der Waals surface area contributed by atoms with Gasteiger partial charge in [0.15, 0.2) is 0 Å². The number of rotatable bonds is 4. The number of hydrogen-bond donors (Lipinski definition) is 1. The van der Waals surface area contributed by atoms with Gasteiger partial charge in [-0.3, -0.25) is 9.30 Å². The molecule has 2 aromatic carbocycles. The zero-order valence-electron chi connectivity index (χ0n) is 22.4. The zero-order valence-corrected chi connectivity index (χ0v) is 22.4. The molecule has 1 aliphatic carbocycles. The Balaban J connectivity index is 1.17. The highest BCUT2D eigenvalue weighted by molar-refractivity contribution is 5.91. The molecule has 4 heterocycles. The van der Waals surface area contributed by atoms with Gasteiger partial charge in [0.05, 0.1) is 18.3 Å². The van der Waals surface area contributed by atoms with E-state index in [0.717, 1.165) is 70.7 Å². The number of nitrogen functional groups attached to an aromatic ring is 1. The Hall–Kier alpha value is -4.50. The van der Waals surface area contributed by atoms with E-state index in [9.17, 15) is 4.79 Å². The molecule has 40 heavy (non-hydrogen) atoms. The van der Waals surface area contributed by atoms with Gasteiger partial charge in [-0.05, 0) is 25.0 Å². The molecule has 9 heteroatoms. The maximum atomic E-state index is 11.8. The summed E-state index contributed by atoms with van der Waals surface area (Å²) in [5, 5.41) is 1.08. The number of ether oxygens (including phenoxy) is 1. The number of amides is 1. The molecule has 0 spiro atoms. The summed E-state index contributed by atoms with van der Waals surface area (Å²) in [4.78, 5) is 30.7. The van der Waals surface area contributed by atoms with Crippen LogP contribution in [0.5, 0.6) is 0 Å². The van der Waals surface area contributed by atoms with Crippen LogP contribution in [-0.4, -0.2) is 74.6 Å². The third kappa shape index (κ3) is 4.23. The summed E-state index contributed by atoms with van der Waals surface area (Å²) in [6.07, 6.45) is 5.52. The van der Waals surface area contributed by atoms with Crippen molar-refractivity contribution in [1.29, 1.82) is 0 Å². The minimum absolute atomic E-state index is 0.242. The summed E-state index contributed by atoms with van der Waals surface area (Å²) in [5.41, 5.74) is 12.0. The molecule has 9 nitrogen and oxygen atoms in total. The molecule has 202 valence electrons. The fourth-order valence-electron chi connectivity index (χ4n) is 6.11. The van der Waals surface area contributed by atoms with Crippen LogP contribution in [0.4, 0.5) is 10.6 Å². The van der Waals surface area contributed by atoms with E-state index >= 15 is 0 Å². The van der Waals surface area contributed by atoms with Gasteiger partial charge in [-0.25, -0.2) is 19.7 Å². The highest BCUT2D eigenvalue weighted by Crippen LogP contribution is 2.42. The molecule has 3 aromatic heterocycles. The number of anilines is 1. The van der Waals surface area contributed by atoms with Crippen LogP contribution in [0, 0.1) is 0 Å². The zero-order chi connectivity index (χ0) is 27.2. The van der Waals surface area contributed by atoms with E-state index < -0.39 is 0 Å². The number of nitrogens with two attached hydrogens (primary N) is 1. The Morgan fingerprint density at radius 1 is 0.950 bits per heavy atom. The monoisotopic (exact) mass is 533 g/mol. The van der Waals surface area contributed by atoms with E-state index in [1.54, 1.807) is 11.1 Å². The Bertz CT molecular complexity index is 1700. The first-order valence-electron chi connectivity index (χ1n) is 13.7. The summed E-state index contributed by atoms with van der Waals surface area (Å²) in [5.74, 6) is 1.82. The predicted molar refractivity (Wildman–Crippen MR) is 155 cm³/mol. The Morgan fingerprint density at radius 2 is 1.73 bits per heavy atom. The molecular weight excluding hydrogens is 502 g/mol. The Kier molecular flexibility index (Phi) is 6.08. The summed E-state index contributed by atoms with van der Waals surface area (Å²) in [6.45, 7) is 3.14. The molecule has 0 atom stereocenters. The average molecular weight is 534 g/mol. The smallest absolute Gasteiger partial charge is 0.409 e. The second kappa shape index (κ2) is 9.91. The number of benzene rings is 2. The number of nitrogens with zero attached hydrogens (tertiary/aromatic N) is 6. The second-order valence-corrected chi connectivity index (χ2v) is 10.6. The van der Waals surface area contributed by atoms with Crippen molar-refractivity contribution in [1.82, 2.24) is 29.2 Å². The van der Waals surface area contributed by atoms with E-state index in [0.29, 0.717) is 30.9 Å². The second-order valence-electron chi connectivity index (χ2n) is 10.6. The molecule has 1 saturated heterocycles. The minimum Gasteiger partial charge on any atom is -0.453 e. The van der Waals surface area contributed by atoms with Gasteiger partial charge in [-0.15, -0.1) is 0 Å². The first-order valence-corrected chi connectivity index (χ1v) is 13.7. The van der Waals surface area contributed by atoms with Gasteiger partial charge in [0, 0.05) is 67.0 Å². The molecule has 0 unspecified atom stereocenters. The van der Waals surface area contributed by atoms with Crippen LogP contribution in [0.2, 0.25) is 0 Å². The topological polar surface area (TPSA) is 102 Å². The fourth-order valence-corrected chi connectivity index (χ4v) is 6.11. The lowest BCUT2D eigenvalue weighted by Crippen LogP contribution is -2.54.